The lowest BCUT2D eigenvalue weighted by Crippen LogP contribution is -1.96. The Morgan fingerprint density at radius 1 is 1.06 bits per heavy atom. The Balaban J connectivity index is 1.61. The molecule has 0 aliphatic heterocycles. The van der Waals surface area contributed by atoms with E-state index in [9.17, 15) is 0 Å². The molecule has 0 aromatic carbocycles. The lowest BCUT2D eigenvalue weighted by atomic mass is 10.1. The van der Waals surface area contributed by atoms with Crippen molar-refractivity contribution in [3.05, 3.63) is 85.1 Å². The van der Waals surface area contributed by atoms with Gasteiger partial charge < -0.3 is 9.55 Å². The fraction of sp³-hybridized carbons (Fsp3) is 0.0870. The van der Waals surface area contributed by atoms with Gasteiger partial charge in [0, 0.05) is 35.2 Å². The average molecular weight is 408 g/mol. The molecule has 0 atom stereocenters. The number of rotatable bonds is 5. The minimum absolute atomic E-state index is 0.714. The molecule has 8 nitrogen and oxygen atoms in total. The summed E-state index contributed by atoms with van der Waals surface area (Å²) in [5.41, 5.74) is 8.03. The van der Waals surface area contributed by atoms with E-state index in [4.69, 9.17) is 0 Å². The number of aromatic amines is 2. The van der Waals surface area contributed by atoms with Crippen LogP contribution in [0.5, 0.6) is 0 Å². The van der Waals surface area contributed by atoms with Gasteiger partial charge in [-0.2, -0.15) is 5.10 Å². The summed E-state index contributed by atoms with van der Waals surface area (Å²) in [6.07, 6.45) is 14.3. The topological polar surface area (TPSA) is 101 Å². The van der Waals surface area contributed by atoms with Crippen molar-refractivity contribution in [3.8, 4) is 22.8 Å². The van der Waals surface area contributed by atoms with Crippen molar-refractivity contribution in [2.24, 2.45) is 0 Å². The van der Waals surface area contributed by atoms with E-state index in [1.165, 1.54) is 0 Å². The minimum Gasteiger partial charge on any atom is -0.357 e. The molecule has 2 N–H and O–H groups in total. The van der Waals surface area contributed by atoms with Crippen LogP contribution in [0.4, 0.5) is 0 Å². The lowest BCUT2D eigenvalue weighted by Gasteiger charge is -2.07. The maximum absolute atomic E-state index is 4.55. The molecule has 0 aliphatic carbocycles. The second-order valence-corrected chi connectivity index (χ2v) is 7.21. The third-order valence-corrected chi connectivity index (χ3v) is 5.08. The zero-order valence-corrected chi connectivity index (χ0v) is 17.2. The summed E-state index contributed by atoms with van der Waals surface area (Å²) in [5, 5.41) is 8.57. The summed E-state index contributed by atoms with van der Waals surface area (Å²) in [4.78, 5) is 20.8. The molecule has 0 radical (unpaired) electrons. The summed E-state index contributed by atoms with van der Waals surface area (Å²) in [6, 6.07) is 4.08. The maximum atomic E-state index is 4.55. The normalized spacial score (nSPS) is 11.9. The van der Waals surface area contributed by atoms with E-state index in [0.29, 0.717) is 5.69 Å². The van der Waals surface area contributed by atoms with Crippen molar-refractivity contribution < 1.29 is 0 Å². The van der Waals surface area contributed by atoms with E-state index < -0.39 is 0 Å². The fourth-order valence-electron chi connectivity index (χ4n) is 3.62. The predicted molar refractivity (Wildman–Crippen MR) is 120 cm³/mol. The number of hydrogen-bond donors (Lipinski definition) is 2. The molecule has 0 saturated heterocycles. The van der Waals surface area contributed by atoms with Crippen LogP contribution < -0.4 is 0 Å². The largest absolute Gasteiger partial charge is 0.357 e. The number of nitrogens with one attached hydrogen (secondary N) is 2. The number of fused-ring (bicyclic) bond motifs is 1. The Labute approximate surface area is 178 Å². The molecule has 0 fully saturated rings. The Morgan fingerprint density at radius 3 is 2.71 bits per heavy atom. The smallest absolute Gasteiger partial charge is 0.116 e. The molecule has 0 spiro atoms. The molecule has 0 bridgehead atoms. The first kappa shape index (κ1) is 18.7. The summed E-state index contributed by atoms with van der Waals surface area (Å²) in [7, 11) is 0. The average Bonchev–Trinajstić information content (AvgIpc) is 3.50. The Hall–Kier alpha value is -4.33. The Morgan fingerprint density at radius 2 is 1.97 bits per heavy atom. The zero-order valence-electron chi connectivity index (χ0n) is 17.2. The summed E-state index contributed by atoms with van der Waals surface area (Å²) < 4.78 is 2.00. The third-order valence-electron chi connectivity index (χ3n) is 5.08. The Kier molecular flexibility index (Phi) is 4.51. The van der Waals surface area contributed by atoms with Crippen LogP contribution in [0, 0.1) is 13.8 Å². The van der Waals surface area contributed by atoms with Gasteiger partial charge in [0.25, 0.3) is 0 Å². The number of H-pyrrole nitrogens is 2. The summed E-state index contributed by atoms with van der Waals surface area (Å²) >= 11 is 0. The highest BCUT2D eigenvalue weighted by molar-refractivity contribution is 5.94. The van der Waals surface area contributed by atoms with Crippen molar-refractivity contribution in [2.45, 2.75) is 13.8 Å². The molecular weight excluding hydrogens is 388 g/mol. The van der Waals surface area contributed by atoms with E-state index in [2.05, 4.69) is 47.8 Å². The quantitative estimate of drug-likeness (QED) is 0.422. The number of imidazole rings is 1. The van der Waals surface area contributed by atoms with Gasteiger partial charge in [-0.05, 0) is 32.1 Å². The van der Waals surface area contributed by atoms with E-state index in [1.54, 1.807) is 37.2 Å². The molecule has 0 saturated carbocycles. The number of allylic oxidation sites excluding steroid dienone is 2. The van der Waals surface area contributed by atoms with Gasteiger partial charge >= 0.3 is 0 Å². The van der Waals surface area contributed by atoms with E-state index in [-0.39, 0.29) is 0 Å². The highest BCUT2D eigenvalue weighted by Crippen LogP contribution is 2.31. The number of aryl methyl sites for hydroxylation is 2. The van der Waals surface area contributed by atoms with Gasteiger partial charge in [-0.25, -0.2) is 4.98 Å². The maximum Gasteiger partial charge on any atom is 0.116 e. The highest BCUT2D eigenvalue weighted by atomic mass is 15.1. The van der Waals surface area contributed by atoms with Gasteiger partial charge in [0.15, 0.2) is 0 Å². The second-order valence-electron chi connectivity index (χ2n) is 7.21. The predicted octanol–water partition coefficient (Wildman–Crippen LogP) is 4.30. The van der Waals surface area contributed by atoms with Gasteiger partial charge in [0.1, 0.15) is 11.4 Å². The van der Waals surface area contributed by atoms with Gasteiger partial charge in [0.05, 0.1) is 47.0 Å². The van der Waals surface area contributed by atoms with Crippen LogP contribution in [0.25, 0.3) is 39.4 Å². The Bertz CT molecular complexity index is 1420. The first-order chi connectivity index (χ1) is 15.1. The van der Waals surface area contributed by atoms with Gasteiger partial charge in [-0.1, -0.05) is 12.7 Å². The van der Waals surface area contributed by atoms with Gasteiger partial charge in [-0.3, -0.25) is 20.1 Å². The van der Waals surface area contributed by atoms with Crippen molar-refractivity contribution in [1.82, 2.24) is 39.7 Å². The van der Waals surface area contributed by atoms with Crippen LogP contribution in [0.3, 0.4) is 0 Å². The van der Waals surface area contributed by atoms with Crippen molar-refractivity contribution in [3.63, 3.8) is 0 Å². The van der Waals surface area contributed by atoms with Gasteiger partial charge in [-0.15, -0.1) is 0 Å². The van der Waals surface area contributed by atoms with Crippen LogP contribution in [-0.2, 0) is 0 Å². The number of pyridine rings is 1. The first-order valence-corrected chi connectivity index (χ1v) is 9.78. The molecule has 0 aliphatic rings. The second kappa shape index (κ2) is 7.49. The lowest BCUT2D eigenvalue weighted by molar-refractivity contribution is 1.08. The molecular formula is C23H20N8. The van der Waals surface area contributed by atoms with Crippen LogP contribution in [0.2, 0.25) is 0 Å². The van der Waals surface area contributed by atoms with Crippen LogP contribution in [-0.4, -0.2) is 39.7 Å². The fourth-order valence-corrected chi connectivity index (χ4v) is 3.62. The van der Waals surface area contributed by atoms with Crippen molar-refractivity contribution in [2.75, 3.05) is 0 Å². The van der Waals surface area contributed by atoms with E-state index >= 15 is 0 Å². The molecule has 152 valence electrons. The first-order valence-electron chi connectivity index (χ1n) is 9.78. The standard InChI is InChI=1S/C23H20N8/c1-4-5-22(31-12-14(2)27-13-31)16-8-19(28-15(16)3)23-17-9-18(21-10-24-6-7-25-21)26-11-20(17)29-30-23/h4-13,28H,1H2,2-3H3,(H,29,30)/b22-5+. The SMILES string of the molecule is C=C/C=C(\c1cc(-c2n[nH]c3cnc(-c4cnccn4)cc23)[nH]c1C)n1cnc(C)c1. The number of hydrogen-bond acceptors (Lipinski definition) is 5. The minimum atomic E-state index is 0.714. The van der Waals surface area contributed by atoms with Crippen LogP contribution in [0.15, 0.2) is 68.2 Å². The molecule has 8 heteroatoms. The monoisotopic (exact) mass is 408 g/mol. The van der Waals surface area contributed by atoms with Crippen molar-refractivity contribution in [1.29, 1.82) is 0 Å². The number of aromatic nitrogens is 8. The van der Waals surface area contributed by atoms with Crippen molar-refractivity contribution >= 4 is 16.6 Å². The number of nitrogens with zero attached hydrogens (tertiary/aromatic N) is 6. The van der Waals surface area contributed by atoms with Crippen LogP contribution >= 0.6 is 0 Å². The summed E-state index contributed by atoms with van der Waals surface area (Å²) in [5.74, 6) is 0. The zero-order chi connectivity index (χ0) is 21.4. The molecule has 0 amide bonds. The van der Waals surface area contributed by atoms with Crippen LogP contribution in [0.1, 0.15) is 17.0 Å². The molecule has 5 aromatic heterocycles. The summed E-state index contributed by atoms with van der Waals surface area (Å²) in [6.45, 7) is 7.88. The molecule has 5 aromatic rings. The molecule has 0 unspecified atom stereocenters. The van der Waals surface area contributed by atoms with Gasteiger partial charge in [0.2, 0.25) is 0 Å². The van der Waals surface area contributed by atoms with E-state index in [1.807, 2.05) is 36.8 Å². The highest BCUT2D eigenvalue weighted by Gasteiger charge is 2.17. The molecule has 5 heterocycles. The molecule has 31 heavy (non-hydrogen) atoms. The van der Waals surface area contributed by atoms with E-state index in [0.717, 1.165) is 50.6 Å². The molecule has 5 rings (SSSR count). The third kappa shape index (κ3) is 3.33.